The molecule has 0 heterocycles. The number of hydrogen-bond acceptors (Lipinski definition) is 3. The number of fused-ring (bicyclic) bond motifs is 1. The van der Waals surface area contributed by atoms with Crippen LogP contribution in [0.3, 0.4) is 0 Å². The summed E-state index contributed by atoms with van der Waals surface area (Å²) < 4.78 is 0. The van der Waals surface area contributed by atoms with Crippen LogP contribution in [-0.2, 0) is 11.2 Å². The molecule has 3 aromatic rings. The lowest BCUT2D eigenvalue weighted by Crippen LogP contribution is -2.15. The van der Waals surface area contributed by atoms with Crippen LogP contribution in [0, 0.1) is 0 Å². The van der Waals surface area contributed by atoms with Gasteiger partial charge < -0.3 is 10.2 Å². The van der Waals surface area contributed by atoms with Crippen molar-refractivity contribution < 1.29 is 15.0 Å². The van der Waals surface area contributed by atoms with Gasteiger partial charge in [0.2, 0.25) is 0 Å². The zero-order valence-electron chi connectivity index (χ0n) is 14.6. The molecular weight excluding hydrogens is 336 g/mol. The third-order valence-corrected chi connectivity index (χ3v) is 4.62. The summed E-state index contributed by atoms with van der Waals surface area (Å²) in [5.41, 5.74) is 4.83. The lowest BCUT2D eigenvalue weighted by Gasteiger charge is -2.21. The van der Waals surface area contributed by atoms with Crippen molar-refractivity contribution in [3.63, 3.8) is 0 Å². The van der Waals surface area contributed by atoms with Gasteiger partial charge >= 0.3 is 0 Å². The molecule has 132 valence electrons. The SMILES string of the molecule is O=C1C(=Cc2cccc(O)c2)c2ccccc2C/C1=C\c1cccc(O)c1. The minimum absolute atomic E-state index is 0.0413. The summed E-state index contributed by atoms with van der Waals surface area (Å²) >= 11 is 0. The number of phenols is 2. The van der Waals surface area contributed by atoms with Gasteiger partial charge in [0.05, 0.1) is 0 Å². The van der Waals surface area contributed by atoms with E-state index >= 15 is 0 Å². The van der Waals surface area contributed by atoms with Crippen LogP contribution in [0.25, 0.3) is 17.7 Å². The third kappa shape index (κ3) is 3.53. The first kappa shape index (κ1) is 16.9. The molecule has 3 nitrogen and oxygen atoms in total. The van der Waals surface area contributed by atoms with E-state index in [2.05, 4.69) is 0 Å². The molecule has 0 aliphatic heterocycles. The van der Waals surface area contributed by atoms with Crippen molar-refractivity contribution in [3.05, 3.63) is 101 Å². The molecular formula is C24H18O3. The Labute approximate surface area is 157 Å². The molecule has 0 bridgehead atoms. The van der Waals surface area contributed by atoms with E-state index in [1.807, 2.05) is 48.6 Å². The van der Waals surface area contributed by atoms with E-state index in [1.165, 1.54) is 0 Å². The Morgan fingerprint density at radius 1 is 0.741 bits per heavy atom. The summed E-state index contributed by atoms with van der Waals surface area (Å²) in [5, 5.41) is 19.4. The first-order valence-electron chi connectivity index (χ1n) is 8.73. The molecule has 0 radical (unpaired) electrons. The third-order valence-electron chi connectivity index (χ3n) is 4.62. The molecule has 0 unspecified atom stereocenters. The topological polar surface area (TPSA) is 57.5 Å². The second-order valence-electron chi connectivity index (χ2n) is 6.58. The zero-order chi connectivity index (χ0) is 18.8. The monoisotopic (exact) mass is 354 g/mol. The fourth-order valence-corrected chi connectivity index (χ4v) is 3.37. The molecule has 3 aromatic carbocycles. The Morgan fingerprint density at radius 3 is 2.04 bits per heavy atom. The average Bonchev–Trinajstić information content (AvgIpc) is 2.65. The fraction of sp³-hybridized carbons (Fsp3) is 0.0417. The molecule has 0 aromatic heterocycles. The largest absolute Gasteiger partial charge is 0.508 e. The number of aromatic hydroxyl groups is 2. The first-order chi connectivity index (χ1) is 13.1. The number of phenolic OH excluding ortho intramolecular Hbond substituents is 2. The van der Waals surface area contributed by atoms with Gasteiger partial charge in [0.15, 0.2) is 5.78 Å². The van der Waals surface area contributed by atoms with Gasteiger partial charge in [-0.15, -0.1) is 0 Å². The van der Waals surface area contributed by atoms with Crippen LogP contribution in [-0.4, -0.2) is 16.0 Å². The average molecular weight is 354 g/mol. The molecule has 0 spiro atoms. The Hall–Kier alpha value is -3.59. The summed E-state index contributed by atoms with van der Waals surface area (Å²) in [4.78, 5) is 13.2. The van der Waals surface area contributed by atoms with E-state index in [-0.39, 0.29) is 17.3 Å². The summed E-state index contributed by atoms with van der Waals surface area (Å²) in [6, 6.07) is 21.6. The van der Waals surface area contributed by atoms with Gasteiger partial charge in [-0.1, -0.05) is 48.5 Å². The molecule has 3 heteroatoms. The number of Topliss-reactive ketones (excluding diaryl/α,β-unsaturated/α-hetero) is 1. The number of carbonyl (C=O) groups is 1. The highest BCUT2D eigenvalue weighted by molar-refractivity contribution is 6.35. The van der Waals surface area contributed by atoms with Crippen LogP contribution in [0.5, 0.6) is 11.5 Å². The lowest BCUT2D eigenvalue weighted by atomic mass is 9.81. The Balaban J connectivity index is 1.84. The Morgan fingerprint density at radius 2 is 1.37 bits per heavy atom. The van der Waals surface area contributed by atoms with E-state index in [0.29, 0.717) is 17.6 Å². The number of allylic oxidation sites excluding steroid dienone is 2. The van der Waals surface area contributed by atoms with Gasteiger partial charge in [0.1, 0.15) is 11.5 Å². The maximum absolute atomic E-state index is 13.2. The van der Waals surface area contributed by atoms with E-state index in [4.69, 9.17) is 0 Å². The van der Waals surface area contributed by atoms with Crippen LogP contribution >= 0.6 is 0 Å². The minimum atomic E-state index is -0.0413. The van der Waals surface area contributed by atoms with Crippen molar-refractivity contribution in [1.29, 1.82) is 0 Å². The van der Waals surface area contributed by atoms with Gasteiger partial charge in [-0.3, -0.25) is 4.79 Å². The van der Waals surface area contributed by atoms with Crippen molar-refractivity contribution in [2.45, 2.75) is 6.42 Å². The highest BCUT2D eigenvalue weighted by Gasteiger charge is 2.25. The van der Waals surface area contributed by atoms with Crippen molar-refractivity contribution in [1.82, 2.24) is 0 Å². The minimum Gasteiger partial charge on any atom is -0.508 e. The van der Waals surface area contributed by atoms with Gasteiger partial charge in [0, 0.05) is 17.6 Å². The molecule has 0 saturated carbocycles. The van der Waals surface area contributed by atoms with Crippen LogP contribution in [0.1, 0.15) is 22.3 Å². The van der Waals surface area contributed by atoms with Gasteiger partial charge in [-0.25, -0.2) is 0 Å². The molecule has 27 heavy (non-hydrogen) atoms. The predicted octanol–water partition coefficient (Wildman–Crippen LogP) is 4.85. The summed E-state index contributed by atoms with van der Waals surface area (Å²) in [5.74, 6) is 0.292. The normalized spacial score (nSPS) is 16.5. The highest BCUT2D eigenvalue weighted by atomic mass is 16.3. The molecule has 0 fully saturated rings. The summed E-state index contributed by atoms with van der Waals surface area (Å²) in [6.45, 7) is 0. The second kappa shape index (κ2) is 6.96. The van der Waals surface area contributed by atoms with Gasteiger partial charge in [-0.05, 0) is 58.7 Å². The maximum Gasteiger partial charge on any atom is 0.189 e. The van der Waals surface area contributed by atoms with Crippen LogP contribution < -0.4 is 0 Å². The highest BCUT2D eigenvalue weighted by Crippen LogP contribution is 2.34. The molecule has 0 saturated heterocycles. The zero-order valence-corrected chi connectivity index (χ0v) is 14.6. The smallest absolute Gasteiger partial charge is 0.189 e. The van der Waals surface area contributed by atoms with Crippen molar-refractivity contribution in [2.24, 2.45) is 0 Å². The number of benzene rings is 3. The van der Waals surface area contributed by atoms with Gasteiger partial charge in [0.25, 0.3) is 0 Å². The van der Waals surface area contributed by atoms with Crippen LogP contribution in [0.15, 0.2) is 78.4 Å². The van der Waals surface area contributed by atoms with Crippen molar-refractivity contribution in [3.8, 4) is 11.5 Å². The lowest BCUT2D eigenvalue weighted by molar-refractivity contribution is -0.110. The van der Waals surface area contributed by atoms with E-state index < -0.39 is 0 Å². The first-order valence-corrected chi connectivity index (χ1v) is 8.73. The molecule has 1 aliphatic carbocycles. The molecule has 4 rings (SSSR count). The standard InChI is InChI=1S/C24H18O3/c25-20-8-3-5-16(12-20)11-19-15-18-7-1-2-10-22(18)23(24(19)27)14-17-6-4-9-21(26)13-17/h1-14,25-26H,15H2/b19-11+,23-14?. The van der Waals surface area contributed by atoms with Gasteiger partial charge in [-0.2, -0.15) is 0 Å². The molecule has 2 N–H and O–H groups in total. The number of carbonyl (C=O) groups excluding carboxylic acids is 1. The summed E-state index contributed by atoms with van der Waals surface area (Å²) in [7, 11) is 0. The molecule has 0 amide bonds. The van der Waals surface area contributed by atoms with Crippen LogP contribution in [0.4, 0.5) is 0 Å². The number of rotatable bonds is 2. The fourth-order valence-electron chi connectivity index (χ4n) is 3.37. The quantitative estimate of drug-likeness (QED) is 0.647. The summed E-state index contributed by atoms with van der Waals surface area (Å²) in [6.07, 6.45) is 4.19. The predicted molar refractivity (Wildman–Crippen MR) is 107 cm³/mol. The number of ketones is 1. The maximum atomic E-state index is 13.2. The Kier molecular flexibility index (Phi) is 4.35. The van der Waals surface area contributed by atoms with Crippen LogP contribution in [0.2, 0.25) is 0 Å². The molecule has 0 atom stereocenters. The van der Waals surface area contributed by atoms with E-state index in [1.54, 1.807) is 36.4 Å². The second-order valence-corrected chi connectivity index (χ2v) is 6.58. The van der Waals surface area contributed by atoms with Crippen molar-refractivity contribution in [2.75, 3.05) is 0 Å². The Bertz CT molecular complexity index is 1090. The van der Waals surface area contributed by atoms with E-state index in [0.717, 1.165) is 22.3 Å². The van der Waals surface area contributed by atoms with Crippen molar-refractivity contribution >= 4 is 23.5 Å². The van der Waals surface area contributed by atoms with E-state index in [9.17, 15) is 15.0 Å². The number of hydrogen-bond donors (Lipinski definition) is 2. The molecule has 1 aliphatic rings.